The summed E-state index contributed by atoms with van der Waals surface area (Å²) in [7, 11) is 0. The van der Waals surface area contributed by atoms with Crippen LogP contribution in [0.1, 0.15) is 307 Å². The van der Waals surface area contributed by atoms with Gasteiger partial charge in [-0.3, -0.25) is 0 Å². The molecule has 0 spiro atoms. The highest BCUT2D eigenvalue weighted by Crippen LogP contribution is 2.48. The van der Waals surface area contributed by atoms with E-state index < -0.39 is 0 Å². The van der Waals surface area contributed by atoms with E-state index in [1.807, 2.05) is 45.3 Å². The van der Waals surface area contributed by atoms with Crippen molar-refractivity contribution in [3.05, 3.63) is 42.2 Å². The van der Waals surface area contributed by atoms with Crippen molar-refractivity contribution in [3.63, 3.8) is 0 Å². The first-order valence-electron chi connectivity index (χ1n) is 30.1. The summed E-state index contributed by atoms with van der Waals surface area (Å²) in [4.78, 5) is 17.0. The van der Waals surface area contributed by atoms with Crippen LogP contribution in [0.2, 0.25) is 0 Å². The fourth-order valence-corrected chi connectivity index (χ4v) is 16.3. The van der Waals surface area contributed by atoms with Crippen molar-refractivity contribution in [2.24, 2.45) is 0 Å². The monoisotopic (exact) mass is 1160 g/mol. The average molecular weight is 1160 g/mol. The maximum atomic E-state index is 5.68. The molecule has 0 amide bonds. The van der Waals surface area contributed by atoms with Gasteiger partial charge in [-0.05, 0) is 106 Å². The smallest absolute Gasteiger partial charge is 0.134 e. The fraction of sp³-hybridized carbons (Fsp3) is 0.774. The van der Waals surface area contributed by atoms with Gasteiger partial charge in [0, 0.05) is 0 Å². The molecule has 0 aliphatic rings. The summed E-state index contributed by atoms with van der Waals surface area (Å²) in [5.74, 6) is 0. The van der Waals surface area contributed by atoms with E-state index in [2.05, 4.69) is 71.7 Å². The Morgan fingerprint density at radius 3 is 0.771 bits per heavy atom. The Hall–Kier alpha value is -0.380. The molecule has 2 nitrogen and oxygen atoms in total. The SMILES string of the molecule is CCCCCCCCCCCCc1cc(Br)sc1-c1nc(CCCCCCCCCCCC)c(-c2sc(-c3sc(Br)cc3CCCCCCCCCCCC)nc2CCCCCCCCCCCC)s1. The number of aryl methyl sites for hydroxylation is 4. The molecule has 0 aliphatic carbocycles. The molecule has 0 fully saturated rings. The lowest BCUT2D eigenvalue weighted by molar-refractivity contribution is 0.555. The van der Waals surface area contributed by atoms with Crippen molar-refractivity contribution in [1.29, 1.82) is 0 Å². The number of thiazole rings is 2. The van der Waals surface area contributed by atoms with Crippen molar-refractivity contribution >= 4 is 77.2 Å². The molecule has 4 aromatic heterocycles. The first-order valence-corrected chi connectivity index (χ1v) is 34.9. The third kappa shape index (κ3) is 25.9. The molecular formula is C62H102Br2N2S4. The Bertz CT molecular complexity index is 1720. The van der Waals surface area contributed by atoms with Gasteiger partial charge in [-0.2, -0.15) is 0 Å². The van der Waals surface area contributed by atoms with Crippen molar-refractivity contribution in [2.75, 3.05) is 0 Å². The Morgan fingerprint density at radius 2 is 0.514 bits per heavy atom. The van der Waals surface area contributed by atoms with E-state index >= 15 is 0 Å². The molecule has 0 saturated carbocycles. The summed E-state index contributed by atoms with van der Waals surface area (Å²) in [5.41, 5.74) is 5.67. The average Bonchev–Trinajstić information content (AvgIpc) is 4.16. The van der Waals surface area contributed by atoms with Crippen LogP contribution in [-0.4, -0.2) is 9.97 Å². The Morgan fingerprint density at radius 1 is 0.286 bits per heavy atom. The Labute approximate surface area is 465 Å². The predicted octanol–water partition coefficient (Wildman–Crippen LogP) is 25.1. The van der Waals surface area contributed by atoms with Gasteiger partial charge in [0.25, 0.3) is 0 Å². The Balaban J connectivity index is 1.54. The molecule has 0 saturated heterocycles. The number of unbranched alkanes of at least 4 members (excludes halogenated alkanes) is 36. The molecule has 0 aliphatic heterocycles. The second kappa shape index (κ2) is 40.9. The van der Waals surface area contributed by atoms with Crippen molar-refractivity contribution in [2.45, 2.75) is 310 Å². The molecule has 4 heterocycles. The van der Waals surface area contributed by atoms with Gasteiger partial charge < -0.3 is 0 Å². The molecule has 0 N–H and O–H groups in total. The van der Waals surface area contributed by atoms with Crippen molar-refractivity contribution in [1.82, 2.24) is 9.97 Å². The zero-order chi connectivity index (χ0) is 49.7. The summed E-state index contributed by atoms with van der Waals surface area (Å²) in [6.45, 7) is 9.27. The zero-order valence-electron chi connectivity index (χ0n) is 45.6. The molecule has 8 heteroatoms. The van der Waals surface area contributed by atoms with E-state index in [9.17, 15) is 0 Å². The van der Waals surface area contributed by atoms with Gasteiger partial charge in [0.1, 0.15) is 10.0 Å². The number of aromatic nitrogens is 2. The molecule has 4 aromatic rings. The number of nitrogens with zero attached hydrogens (tertiary/aromatic N) is 2. The maximum Gasteiger partial charge on any atom is 0.134 e. The first-order chi connectivity index (χ1) is 34.5. The minimum atomic E-state index is 1.07. The van der Waals surface area contributed by atoms with Crippen LogP contribution in [0, 0.1) is 0 Å². The molecule has 4 rings (SSSR count). The number of halogens is 2. The molecule has 70 heavy (non-hydrogen) atoms. The quantitative estimate of drug-likeness (QED) is 0.0412. The Kier molecular flexibility index (Phi) is 36.3. The molecule has 0 bridgehead atoms. The molecular weight excluding hydrogens is 1060 g/mol. The molecule has 0 unspecified atom stereocenters. The third-order valence-corrected chi connectivity index (χ3v) is 20.7. The topological polar surface area (TPSA) is 25.8 Å². The van der Waals surface area contributed by atoms with Crippen LogP contribution in [0.25, 0.3) is 29.5 Å². The van der Waals surface area contributed by atoms with Gasteiger partial charge in [-0.1, -0.05) is 259 Å². The van der Waals surface area contributed by atoms with E-state index in [4.69, 9.17) is 9.97 Å². The highest BCUT2D eigenvalue weighted by Gasteiger charge is 2.25. The van der Waals surface area contributed by atoms with E-state index in [-0.39, 0.29) is 0 Å². The van der Waals surface area contributed by atoms with Crippen LogP contribution in [0.15, 0.2) is 19.7 Å². The van der Waals surface area contributed by atoms with E-state index in [1.54, 1.807) is 0 Å². The number of hydrogen-bond acceptors (Lipinski definition) is 6. The van der Waals surface area contributed by atoms with Crippen LogP contribution in [0.5, 0.6) is 0 Å². The normalized spacial score (nSPS) is 11.8. The lowest BCUT2D eigenvalue weighted by Crippen LogP contribution is -1.93. The summed E-state index contributed by atoms with van der Waals surface area (Å²) in [5, 5.41) is 2.49. The minimum absolute atomic E-state index is 1.07. The number of rotatable bonds is 47. The number of thiophene rings is 2. The van der Waals surface area contributed by atoms with Crippen molar-refractivity contribution < 1.29 is 0 Å². The van der Waals surface area contributed by atoms with Crippen LogP contribution in [-0.2, 0) is 25.7 Å². The fourth-order valence-electron chi connectivity index (χ4n) is 10.3. The zero-order valence-corrected chi connectivity index (χ0v) is 52.0. The van der Waals surface area contributed by atoms with E-state index in [0.717, 1.165) is 25.7 Å². The lowest BCUT2D eigenvalue weighted by Gasteiger charge is -2.05. The summed E-state index contributed by atoms with van der Waals surface area (Å²) in [6.07, 6.45) is 59.3. The van der Waals surface area contributed by atoms with Crippen molar-refractivity contribution in [3.8, 4) is 29.5 Å². The largest absolute Gasteiger partial charge is 0.240 e. The summed E-state index contributed by atoms with van der Waals surface area (Å²) >= 11 is 15.7. The third-order valence-electron chi connectivity index (χ3n) is 14.7. The number of hydrogen-bond donors (Lipinski definition) is 0. The van der Waals surface area contributed by atoms with Gasteiger partial charge in [0.05, 0.1) is 38.5 Å². The molecule has 0 aromatic carbocycles. The summed E-state index contributed by atoms with van der Waals surface area (Å²) < 4.78 is 2.50. The van der Waals surface area contributed by atoms with Gasteiger partial charge in [0.2, 0.25) is 0 Å². The predicted molar refractivity (Wildman–Crippen MR) is 327 cm³/mol. The van der Waals surface area contributed by atoms with E-state index in [1.165, 1.54) is 316 Å². The molecule has 0 radical (unpaired) electrons. The van der Waals surface area contributed by atoms with Gasteiger partial charge >= 0.3 is 0 Å². The van der Waals surface area contributed by atoms with Crippen LogP contribution >= 0.6 is 77.2 Å². The van der Waals surface area contributed by atoms with Crippen LogP contribution < -0.4 is 0 Å². The van der Waals surface area contributed by atoms with Gasteiger partial charge in [0.15, 0.2) is 0 Å². The van der Waals surface area contributed by atoms with Crippen LogP contribution in [0.4, 0.5) is 0 Å². The summed E-state index contributed by atoms with van der Waals surface area (Å²) in [6, 6.07) is 4.84. The maximum absolute atomic E-state index is 5.68. The lowest BCUT2D eigenvalue weighted by atomic mass is 10.0. The van der Waals surface area contributed by atoms with E-state index in [0.29, 0.717) is 0 Å². The molecule has 0 atom stereocenters. The second-order valence-electron chi connectivity index (χ2n) is 21.1. The van der Waals surface area contributed by atoms with Gasteiger partial charge in [-0.15, -0.1) is 45.3 Å². The molecule has 398 valence electrons. The van der Waals surface area contributed by atoms with Crippen LogP contribution in [0.3, 0.4) is 0 Å². The standard InChI is InChI=1S/C62H102Br2N2S4/c1-5-9-13-17-21-25-29-33-37-41-45-51-49-55(63)67-57(51)61-65-53(47-43-39-35-31-27-23-19-15-11-7-3)59(69-61)60-54(48-44-40-36-32-28-24-20-16-12-8-4)66-62(70-60)58-52(50-56(64)68-58)46-42-38-34-30-26-22-18-14-10-6-2/h49-50H,5-48H2,1-4H3. The highest BCUT2D eigenvalue weighted by atomic mass is 79.9. The second-order valence-corrected chi connectivity index (χ2v) is 28.0. The van der Waals surface area contributed by atoms with Gasteiger partial charge in [-0.25, -0.2) is 9.97 Å². The first kappa shape index (κ1) is 62.2. The minimum Gasteiger partial charge on any atom is -0.240 e. The highest BCUT2D eigenvalue weighted by molar-refractivity contribution is 9.11.